The molecule has 0 spiro atoms. The van der Waals surface area contributed by atoms with Crippen LogP contribution in [0.2, 0.25) is 0 Å². The highest BCUT2D eigenvalue weighted by Crippen LogP contribution is 2.28. The van der Waals surface area contributed by atoms with Gasteiger partial charge < -0.3 is 4.74 Å². The normalized spacial score (nSPS) is 11.9. The van der Waals surface area contributed by atoms with E-state index >= 15 is 0 Å². The van der Waals surface area contributed by atoms with Crippen LogP contribution in [0.3, 0.4) is 0 Å². The number of ether oxygens (including phenoxy) is 1. The lowest BCUT2D eigenvalue weighted by Crippen LogP contribution is -2.12. The molecule has 20 heavy (non-hydrogen) atoms. The van der Waals surface area contributed by atoms with Crippen molar-refractivity contribution in [2.45, 2.75) is 32.6 Å². The molecule has 0 aliphatic carbocycles. The number of carbonyl (C=O) groups excluding carboxylic acids is 1. The third-order valence-corrected chi connectivity index (χ3v) is 3.48. The van der Waals surface area contributed by atoms with Gasteiger partial charge in [0.05, 0.1) is 6.42 Å². The van der Waals surface area contributed by atoms with Gasteiger partial charge in [-0.25, -0.2) is 0 Å². The molecular weight excluding hydrogens is 248 g/mol. The Balaban J connectivity index is 2.08. The minimum absolute atomic E-state index is 0.216. The van der Waals surface area contributed by atoms with E-state index in [0.717, 1.165) is 17.5 Å². The number of rotatable bonds is 5. The molecule has 1 unspecified atom stereocenters. The van der Waals surface area contributed by atoms with E-state index in [9.17, 15) is 4.79 Å². The summed E-state index contributed by atoms with van der Waals surface area (Å²) in [5.41, 5.74) is 2.06. The highest BCUT2D eigenvalue weighted by molar-refractivity contribution is 5.75. The number of esters is 1. The molecule has 1 atom stereocenters. The summed E-state index contributed by atoms with van der Waals surface area (Å²) >= 11 is 0. The summed E-state index contributed by atoms with van der Waals surface area (Å²) in [4.78, 5) is 12.0. The van der Waals surface area contributed by atoms with Crippen molar-refractivity contribution >= 4 is 5.97 Å². The molecule has 0 aliphatic rings. The molecule has 0 radical (unpaired) electrons. The maximum absolute atomic E-state index is 12.0. The predicted molar refractivity (Wildman–Crippen MR) is 80.9 cm³/mol. The van der Waals surface area contributed by atoms with E-state index in [1.54, 1.807) is 0 Å². The summed E-state index contributed by atoms with van der Waals surface area (Å²) in [7, 11) is 0. The zero-order valence-corrected chi connectivity index (χ0v) is 12.0. The summed E-state index contributed by atoms with van der Waals surface area (Å²) in [5.74, 6) is 0.852. The smallest absolute Gasteiger partial charge is 0.315 e. The molecule has 2 aromatic carbocycles. The lowest BCUT2D eigenvalue weighted by Gasteiger charge is -2.14. The van der Waals surface area contributed by atoms with Crippen LogP contribution >= 0.6 is 0 Å². The van der Waals surface area contributed by atoms with E-state index in [1.807, 2.05) is 54.6 Å². The molecule has 0 amide bonds. The summed E-state index contributed by atoms with van der Waals surface area (Å²) in [6.45, 7) is 4.27. The summed E-state index contributed by atoms with van der Waals surface area (Å²) in [5, 5.41) is 0. The molecule has 2 nitrogen and oxygen atoms in total. The fourth-order valence-corrected chi connectivity index (χ4v) is 2.12. The molecule has 104 valence electrons. The predicted octanol–water partition coefficient (Wildman–Crippen LogP) is 4.35. The molecule has 0 N–H and O–H groups in total. The SMILES string of the molecule is CCC(C)c1ccccc1OC(=O)Cc1ccccc1. The van der Waals surface area contributed by atoms with Crippen LogP contribution in [0.15, 0.2) is 54.6 Å². The van der Waals surface area contributed by atoms with Crippen LogP contribution < -0.4 is 4.74 Å². The van der Waals surface area contributed by atoms with Crippen LogP contribution in [0.4, 0.5) is 0 Å². The van der Waals surface area contributed by atoms with Crippen molar-refractivity contribution in [3.8, 4) is 5.75 Å². The van der Waals surface area contributed by atoms with E-state index in [-0.39, 0.29) is 5.97 Å². The van der Waals surface area contributed by atoms with Crippen molar-refractivity contribution in [2.24, 2.45) is 0 Å². The van der Waals surface area contributed by atoms with Crippen molar-refractivity contribution in [1.82, 2.24) is 0 Å². The Bertz CT molecular complexity index is 561. The maximum Gasteiger partial charge on any atom is 0.315 e. The van der Waals surface area contributed by atoms with Gasteiger partial charge in [0, 0.05) is 0 Å². The highest BCUT2D eigenvalue weighted by atomic mass is 16.5. The Kier molecular flexibility index (Phi) is 4.94. The molecule has 2 heteroatoms. The van der Waals surface area contributed by atoms with Crippen LogP contribution in [0.5, 0.6) is 5.75 Å². The molecule has 0 fully saturated rings. The summed E-state index contributed by atoms with van der Waals surface area (Å²) in [6, 6.07) is 17.4. The molecule has 0 heterocycles. The lowest BCUT2D eigenvalue weighted by atomic mass is 9.98. The molecule has 0 saturated carbocycles. The number of para-hydroxylation sites is 1. The second-order valence-electron chi connectivity index (χ2n) is 4.98. The lowest BCUT2D eigenvalue weighted by molar-refractivity contribution is -0.133. The van der Waals surface area contributed by atoms with Crippen LogP contribution in [0, 0.1) is 0 Å². The van der Waals surface area contributed by atoms with Crippen molar-refractivity contribution in [1.29, 1.82) is 0 Å². The van der Waals surface area contributed by atoms with Crippen LogP contribution in [-0.4, -0.2) is 5.97 Å². The van der Waals surface area contributed by atoms with Crippen LogP contribution in [0.1, 0.15) is 37.3 Å². The molecular formula is C18H20O2. The Labute approximate surface area is 120 Å². The molecule has 0 aliphatic heterocycles. The number of hydrogen-bond acceptors (Lipinski definition) is 2. The van der Waals surface area contributed by atoms with Gasteiger partial charge in [-0.05, 0) is 29.5 Å². The van der Waals surface area contributed by atoms with Crippen LogP contribution in [0.25, 0.3) is 0 Å². The van der Waals surface area contributed by atoms with Gasteiger partial charge in [0.2, 0.25) is 0 Å². The summed E-state index contributed by atoms with van der Waals surface area (Å²) < 4.78 is 5.53. The van der Waals surface area contributed by atoms with Crippen molar-refractivity contribution < 1.29 is 9.53 Å². The van der Waals surface area contributed by atoms with Crippen LogP contribution in [-0.2, 0) is 11.2 Å². The average Bonchev–Trinajstić information content (AvgIpc) is 2.48. The second kappa shape index (κ2) is 6.90. The Hall–Kier alpha value is -2.09. The zero-order valence-electron chi connectivity index (χ0n) is 12.0. The van der Waals surface area contributed by atoms with Gasteiger partial charge in [-0.3, -0.25) is 4.79 Å². The van der Waals surface area contributed by atoms with Gasteiger partial charge in [0.15, 0.2) is 0 Å². The summed E-state index contributed by atoms with van der Waals surface area (Å²) in [6.07, 6.45) is 1.32. The van der Waals surface area contributed by atoms with Crippen molar-refractivity contribution in [3.05, 3.63) is 65.7 Å². The fourth-order valence-electron chi connectivity index (χ4n) is 2.12. The van der Waals surface area contributed by atoms with Crippen molar-refractivity contribution in [3.63, 3.8) is 0 Å². The largest absolute Gasteiger partial charge is 0.426 e. The van der Waals surface area contributed by atoms with E-state index in [4.69, 9.17) is 4.74 Å². The quantitative estimate of drug-likeness (QED) is 0.595. The fraction of sp³-hybridized carbons (Fsp3) is 0.278. The monoisotopic (exact) mass is 268 g/mol. The van der Waals surface area contributed by atoms with Gasteiger partial charge in [0.25, 0.3) is 0 Å². The number of hydrogen-bond donors (Lipinski definition) is 0. The average molecular weight is 268 g/mol. The van der Waals surface area contributed by atoms with Crippen molar-refractivity contribution in [2.75, 3.05) is 0 Å². The van der Waals surface area contributed by atoms with E-state index in [0.29, 0.717) is 18.1 Å². The molecule has 0 aromatic heterocycles. The van der Waals surface area contributed by atoms with Gasteiger partial charge in [0.1, 0.15) is 5.75 Å². The molecule has 2 rings (SSSR count). The minimum Gasteiger partial charge on any atom is -0.426 e. The topological polar surface area (TPSA) is 26.3 Å². The molecule has 0 saturated heterocycles. The van der Waals surface area contributed by atoms with E-state index < -0.39 is 0 Å². The first-order valence-electron chi connectivity index (χ1n) is 7.04. The van der Waals surface area contributed by atoms with E-state index in [2.05, 4.69) is 13.8 Å². The Morgan fingerprint density at radius 2 is 1.70 bits per heavy atom. The van der Waals surface area contributed by atoms with Gasteiger partial charge >= 0.3 is 5.97 Å². The molecule has 2 aromatic rings. The maximum atomic E-state index is 12.0. The number of carbonyl (C=O) groups is 1. The first-order valence-corrected chi connectivity index (χ1v) is 7.04. The number of benzene rings is 2. The van der Waals surface area contributed by atoms with Gasteiger partial charge in [-0.15, -0.1) is 0 Å². The highest BCUT2D eigenvalue weighted by Gasteiger charge is 2.13. The Morgan fingerprint density at radius 3 is 2.40 bits per heavy atom. The third kappa shape index (κ3) is 3.70. The Morgan fingerprint density at radius 1 is 1.05 bits per heavy atom. The zero-order chi connectivity index (χ0) is 14.4. The standard InChI is InChI=1S/C18H20O2/c1-3-14(2)16-11-7-8-12-17(16)20-18(19)13-15-9-5-4-6-10-15/h4-12,14H,3,13H2,1-2H3. The first-order chi connectivity index (χ1) is 9.70. The van der Waals surface area contributed by atoms with E-state index in [1.165, 1.54) is 0 Å². The van der Waals surface area contributed by atoms with Gasteiger partial charge in [-0.1, -0.05) is 62.4 Å². The minimum atomic E-state index is -0.216. The van der Waals surface area contributed by atoms with Gasteiger partial charge in [-0.2, -0.15) is 0 Å². The first kappa shape index (κ1) is 14.3. The third-order valence-electron chi connectivity index (χ3n) is 3.48. The molecule has 0 bridgehead atoms. The second-order valence-corrected chi connectivity index (χ2v) is 4.98.